The van der Waals surface area contributed by atoms with Crippen molar-refractivity contribution in [2.24, 2.45) is 0 Å². The molecule has 6 nitrogen and oxygen atoms in total. The van der Waals surface area contributed by atoms with E-state index in [2.05, 4.69) is 10.1 Å². The van der Waals surface area contributed by atoms with Crippen LogP contribution >= 0.6 is 0 Å². The summed E-state index contributed by atoms with van der Waals surface area (Å²) in [5.74, 6) is -0.807. The molecule has 0 saturated carbocycles. The molecule has 0 aliphatic carbocycles. The number of esters is 1. The molecule has 1 amide bonds. The molecule has 0 atom stereocenters. The zero-order valence-electron chi connectivity index (χ0n) is 11.5. The van der Waals surface area contributed by atoms with E-state index in [1.807, 2.05) is 0 Å². The number of benzene rings is 1. The fraction of sp³-hybridized carbons (Fsp3) is 0.214. The molecule has 104 valence electrons. The first kappa shape index (κ1) is 15.2. The Morgan fingerprint density at radius 1 is 1.30 bits per heavy atom. The third kappa shape index (κ3) is 3.85. The SMILES string of the molecule is COC(=O)/C(C#N)=C/Nc1ccc(C(=O)N(C)C)cc1. The Hall–Kier alpha value is -2.81. The number of nitrogens with zero attached hydrogens (tertiary/aromatic N) is 2. The van der Waals surface area contributed by atoms with E-state index in [-0.39, 0.29) is 11.5 Å². The molecule has 0 spiro atoms. The molecule has 0 unspecified atom stereocenters. The van der Waals surface area contributed by atoms with Gasteiger partial charge in [-0.2, -0.15) is 5.26 Å². The van der Waals surface area contributed by atoms with E-state index in [0.717, 1.165) is 0 Å². The fourth-order valence-electron chi connectivity index (χ4n) is 1.37. The summed E-state index contributed by atoms with van der Waals surface area (Å²) in [6.07, 6.45) is 1.26. The topological polar surface area (TPSA) is 82.4 Å². The molecule has 0 aromatic heterocycles. The summed E-state index contributed by atoms with van der Waals surface area (Å²) in [4.78, 5) is 24.3. The van der Waals surface area contributed by atoms with Crippen molar-refractivity contribution < 1.29 is 14.3 Å². The maximum absolute atomic E-state index is 11.7. The van der Waals surface area contributed by atoms with Gasteiger partial charge in [0.25, 0.3) is 5.91 Å². The van der Waals surface area contributed by atoms with Gasteiger partial charge in [0.15, 0.2) is 5.57 Å². The standard InChI is InChI=1S/C14H15N3O3/c1-17(2)13(18)10-4-6-12(7-5-10)16-9-11(8-15)14(19)20-3/h4-7,9,16H,1-3H3/b11-9+. The van der Waals surface area contributed by atoms with Crippen LogP contribution in [0.25, 0.3) is 0 Å². The van der Waals surface area contributed by atoms with Crippen molar-refractivity contribution in [2.45, 2.75) is 0 Å². The van der Waals surface area contributed by atoms with Crippen molar-refractivity contribution in [1.29, 1.82) is 5.26 Å². The molecule has 1 N–H and O–H groups in total. The summed E-state index contributed by atoms with van der Waals surface area (Å²) in [6, 6.07) is 8.40. The van der Waals surface area contributed by atoms with Gasteiger partial charge in [-0.25, -0.2) is 4.79 Å². The number of hydrogen-bond acceptors (Lipinski definition) is 5. The van der Waals surface area contributed by atoms with E-state index < -0.39 is 5.97 Å². The molecule has 6 heteroatoms. The highest BCUT2D eigenvalue weighted by molar-refractivity contribution is 5.94. The predicted molar refractivity (Wildman–Crippen MR) is 73.8 cm³/mol. The zero-order chi connectivity index (χ0) is 15.1. The quantitative estimate of drug-likeness (QED) is 0.509. The number of hydrogen-bond donors (Lipinski definition) is 1. The van der Waals surface area contributed by atoms with Gasteiger partial charge in [-0.15, -0.1) is 0 Å². The maximum Gasteiger partial charge on any atom is 0.350 e. The van der Waals surface area contributed by atoms with Crippen LogP contribution in [0.4, 0.5) is 5.69 Å². The molecule has 0 aliphatic rings. The molecule has 0 aliphatic heterocycles. The number of methoxy groups -OCH3 is 1. The van der Waals surface area contributed by atoms with Crippen LogP contribution < -0.4 is 5.32 Å². The molecule has 0 heterocycles. The van der Waals surface area contributed by atoms with Crippen LogP contribution in [-0.2, 0) is 9.53 Å². The fourth-order valence-corrected chi connectivity index (χ4v) is 1.37. The second-order valence-electron chi connectivity index (χ2n) is 4.08. The number of carbonyl (C=O) groups is 2. The maximum atomic E-state index is 11.7. The van der Waals surface area contributed by atoms with Gasteiger partial charge >= 0.3 is 5.97 Å². The Labute approximate surface area is 117 Å². The number of carbonyl (C=O) groups excluding carboxylic acids is 2. The Balaban J connectivity index is 2.81. The van der Waals surface area contributed by atoms with E-state index in [9.17, 15) is 9.59 Å². The van der Waals surface area contributed by atoms with Crippen LogP contribution in [0.1, 0.15) is 10.4 Å². The first-order chi connectivity index (χ1) is 9.49. The summed E-state index contributed by atoms with van der Waals surface area (Å²) < 4.78 is 4.45. The van der Waals surface area contributed by atoms with E-state index in [1.54, 1.807) is 44.4 Å². The summed E-state index contributed by atoms with van der Waals surface area (Å²) in [6.45, 7) is 0. The molecule has 20 heavy (non-hydrogen) atoms. The molecule has 0 bridgehead atoms. The third-order valence-corrected chi connectivity index (χ3v) is 2.45. The molecule has 0 fully saturated rings. The molecule has 1 rings (SSSR count). The Morgan fingerprint density at radius 2 is 1.90 bits per heavy atom. The lowest BCUT2D eigenvalue weighted by atomic mass is 10.2. The summed E-state index contributed by atoms with van der Waals surface area (Å²) in [5, 5.41) is 11.6. The van der Waals surface area contributed by atoms with Crippen molar-refractivity contribution in [2.75, 3.05) is 26.5 Å². The largest absolute Gasteiger partial charge is 0.465 e. The second kappa shape index (κ2) is 6.95. The van der Waals surface area contributed by atoms with Crippen LogP contribution in [0.15, 0.2) is 36.0 Å². The summed E-state index contributed by atoms with van der Waals surface area (Å²) >= 11 is 0. The van der Waals surface area contributed by atoms with Crippen LogP contribution in [0.2, 0.25) is 0 Å². The number of ether oxygens (including phenoxy) is 1. The number of rotatable bonds is 4. The van der Waals surface area contributed by atoms with Crippen LogP contribution in [0.3, 0.4) is 0 Å². The highest BCUT2D eigenvalue weighted by Gasteiger charge is 2.09. The van der Waals surface area contributed by atoms with Gasteiger partial charge in [-0.05, 0) is 24.3 Å². The molecular weight excluding hydrogens is 258 g/mol. The van der Waals surface area contributed by atoms with Crippen molar-refractivity contribution in [3.63, 3.8) is 0 Å². The normalized spacial score (nSPS) is 10.4. The Kier molecular flexibility index (Phi) is 5.30. The lowest BCUT2D eigenvalue weighted by Gasteiger charge is -2.10. The van der Waals surface area contributed by atoms with Crippen molar-refractivity contribution >= 4 is 17.6 Å². The Morgan fingerprint density at radius 3 is 2.35 bits per heavy atom. The smallest absolute Gasteiger partial charge is 0.350 e. The van der Waals surface area contributed by atoms with E-state index in [0.29, 0.717) is 11.3 Å². The minimum absolute atomic E-state index is 0.0978. The van der Waals surface area contributed by atoms with E-state index in [4.69, 9.17) is 5.26 Å². The first-order valence-corrected chi connectivity index (χ1v) is 5.76. The van der Waals surface area contributed by atoms with Gasteiger partial charge in [-0.1, -0.05) is 0 Å². The number of nitriles is 1. The average molecular weight is 273 g/mol. The van der Waals surface area contributed by atoms with Gasteiger partial charge in [0.05, 0.1) is 7.11 Å². The zero-order valence-corrected chi connectivity index (χ0v) is 11.5. The van der Waals surface area contributed by atoms with Gasteiger partial charge in [0.1, 0.15) is 6.07 Å². The number of amides is 1. The molecule has 0 saturated heterocycles. The molecule has 1 aromatic carbocycles. The Bertz CT molecular complexity index is 568. The van der Waals surface area contributed by atoms with E-state index >= 15 is 0 Å². The third-order valence-electron chi connectivity index (χ3n) is 2.45. The van der Waals surface area contributed by atoms with Crippen molar-refractivity contribution in [1.82, 2.24) is 4.90 Å². The van der Waals surface area contributed by atoms with Crippen LogP contribution in [0.5, 0.6) is 0 Å². The predicted octanol–water partition coefficient (Wildman–Crippen LogP) is 1.38. The monoisotopic (exact) mass is 273 g/mol. The summed E-state index contributed by atoms with van der Waals surface area (Å²) in [5.41, 5.74) is 1.07. The lowest BCUT2D eigenvalue weighted by molar-refractivity contribution is -0.135. The van der Waals surface area contributed by atoms with Crippen molar-refractivity contribution in [3.8, 4) is 6.07 Å². The van der Waals surface area contributed by atoms with Gasteiger partial charge < -0.3 is 15.0 Å². The number of nitrogens with one attached hydrogen (secondary N) is 1. The average Bonchev–Trinajstić information content (AvgIpc) is 2.47. The highest BCUT2D eigenvalue weighted by atomic mass is 16.5. The minimum Gasteiger partial charge on any atom is -0.465 e. The minimum atomic E-state index is -0.709. The highest BCUT2D eigenvalue weighted by Crippen LogP contribution is 2.11. The second-order valence-corrected chi connectivity index (χ2v) is 4.08. The van der Waals surface area contributed by atoms with Gasteiger partial charge in [0, 0.05) is 31.5 Å². The number of anilines is 1. The lowest BCUT2D eigenvalue weighted by Crippen LogP contribution is -2.21. The molecule has 1 aromatic rings. The van der Waals surface area contributed by atoms with Crippen LogP contribution in [0, 0.1) is 11.3 Å². The van der Waals surface area contributed by atoms with E-state index in [1.165, 1.54) is 18.2 Å². The molecule has 0 radical (unpaired) electrons. The van der Waals surface area contributed by atoms with Gasteiger partial charge in [0.2, 0.25) is 0 Å². The summed E-state index contributed by atoms with van der Waals surface area (Å²) in [7, 11) is 4.55. The van der Waals surface area contributed by atoms with Gasteiger partial charge in [-0.3, -0.25) is 4.79 Å². The molecular formula is C14H15N3O3. The van der Waals surface area contributed by atoms with Crippen molar-refractivity contribution in [3.05, 3.63) is 41.6 Å². The first-order valence-electron chi connectivity index (χ1n) is 5.76. The van der Waals surface area contributed by atoms with Crippen LogP contribution in [-0.4, -0.2) is 38.0 Å².